The van der Waals surface area contributed by atoms with Gasteiger partial charge in [0.2, 0.25) is 5.72 Å². The van der Waals surface area contributed by atoms with Gasteiger partial charge in [-0.3, -0.25) is 9.59 Å². The second-order valence-corrected chi connectivity index (χ2v) is 8.56. The molecule has 1 aromatic carbocycles. The summed E-state index contributed by atoms with van der Waals surface area (Å²) in [5.41, 5.74) is -1.80. The smallest absolute Gasteiger partial charge is 0.316 e. The van der Waals surface area contributed by atoms with Crippen molar-refractivity contribution in [3.8, 4) is 0 Å². The van der Waals surface area contributed by atoms with Crippen LogP contribution in [0.15, 0.2) is 30.9 Å². The van der Waals surface area contributed by atoms with Gasteiger partial charge in [-0.1, -0.05) is 52.3 Å². The molecule has 2 rings (SSSR count). The van der Waals surface area contributed by atoms with Gasteiger partial charge < -0.3 is 9.84 Å². The highest BCUT2D eigenvalue weighted by Crippen LogP contribution is 2.58. The summed E-state index contributed by atoms with van der Waals surface area (Å²) in [5, 5.41) is 15.0. The van der Waals surface area contributed by atoms with Gasteiger partial charge in [0.25, 0.3) is 0 Å². The van der Waals surface area contributed by atoms with Crippen LogP contribution in [0, 0.1) is 24.7 Å². The predicted molar refractivity (Wildman–Crippen MR) is 109 cm³/mol. The first-order valence-corrected chi connectivity index (χ1v) is 9.80. The Morgan fingerprint density at radius 2 is 1.76 bits per heavy atom. The van der Waals surface area contributed by atoms with E-state index in [4.69, 9.17) is 4.74 Å². The lowest BCUT2D eigenvalue weighted by Gasteiger charge is -2.53. The molecule has 0 aliphatic carbocycles. The summed E-state index contributed by atoms with van der Waals surface area (Å²) in [4.78, 5) is 29.7. The lowest BCUT2D eigenvalue weighted by molar-refractivity contribution is -0.223. The van der Waals surface area contributed by atoms with Crippen LogP contribution in [0.2, 0.25) is 0 Å². The molecule has 2 aromatic rings. The number of aliphatic carboxylic acids is 1. The summed E-state index contributed by atoms with van der Waals surface area (Å²) in [5.74, 6) is -1.64. The minimum atomic E-state index is -1.72. The number of hydrogen-bond donors (Lipinski definition) is 1. The number of ether oxygens (including phenoxy) is 1. The first-order valence-electron chi connectivity index (χ1n) is 9.80. The Bertz CT molecular complexity index is 866. The molecule has 0 bridgehead atoms. The molecular weight excluding hydrogens is 370 g/mol. The SMILES string of the molecule is CCCC(C(=O)O)(C(C)(C)C)C(OC(C)=O)(c1c(C)cccc1C)n1cncn1. The van der Waals surface area contributed by atoms with Crippen LogP contribution < -0.4 is 0 Å². The van der Waals surface area contributed by atoms with Gasteiger partial charge in [0.15, 0.2) is 0 Å². The fraction of sp³-hybridized carbons (Fsp3) is 0.545. The number of carbonyl (C=O) groups is 2. The number of benzene rings is 1. The summed E-state index contributed by atoms with van der Waals surface area (Å²) >= 11 is 0. The summed E-state index contributed by atoms with van der Waals surface area (Å²) in [6.45, 7) is 12.6. The van der Waals surface area contributed by atoms with Crippen LogP contribution in [-0.2, 0) is 20.1 Å². The lowest BCUT2D eigenvalue weighted by Crippen LogP contribution is -2.64. The maximum Gasteiger partial charge on any atom is 0.316 e. The molecule has 0 spiro atoms. The first kappa shape index (κ1) is 22.6. The summed E-state index contributed by atoms with van der Waals surface area (Å²) < 4.78 is 7.48. The van der Waals surface area contributed by atoms with E-state index in [1.807, 2.05) is 59.7 Å². The predicted octanol–water partition coefficient (Wildman–Crippen LogP) is 4.08. The monoisotopic (exact) mass is 401 g/mol. The number of aryl methyl sites for hydroxylation is 2. The third-order valence-electron chi connectivity index (χ3n) is 5.70. The molecule has 0 aliphatic heterocycles. The van der Waals surface area contributed by atoms with E-state index in [1.54, 1.807) is 0 Å². The summed E-state index contributed by atoms with van der Waals surface area (Å²) in [6.07, 6.45) is 3.60. The minimum absolute atomic E-state index is 0.271. The molecule has 1 N–H and O–H groups in total. The average Bonchev–Trinajstić information content (AvgIpc) is 3.11. The lowest BCUT2D eigenvalue weighted by atomic mass is 9.55. The number of aromatic nitrogens is 3. The Labute approximate surface area is 172 Å². The van der Waals surface area contributed by atoms with Crippen molar-refractivity contribution in [2.75, 3.05) is 0 Å². The van der Waals surface area contributed by atoms with Crippen LogP contribution >= 0.6 is 0 Å². The second-order valence-electron chi connectivity index (χ2n) is 8.56. The maximum absolute atomic E-state index is 13.1. The molecule has 0 aliphatic rings. The molecule has 0 radical (unpaired) electrons. The van der Waals surface area contributed by atoms with Crippen molar-refractivity contribution in [2.45, 2.75) is 67.0 Å². The van der Waals surface area contributed by atoms with E-state index in [0.717, 1.165) is 11.1 Å². The number of carbonyl (C=O) groups excluding carboxylic acids is 1. The van der Waals surface area contributed by atoms with Gasteiger partial charge in [0.05, 0.1) is 0 Å². The van der Waals surface area contributed by atoms with E-state index in [9.17, 15) is 14.7 Å². The van der Waals surface area contributed by atoms with Crippen molar-refractivity contribution in [1.82, 2.24) is 14.8 Å². The van der Waals surface area contributed by atoms with E-state index in [0.29, 0.717) is 12.0 Å². The van der Waals surface area contributed by atoms with Crippen LogP contribution in [0.4, 0.5) is 0 Å². The molecule has 2 unspecified atom stereocenters. The molecule has 0 saturated heterocycles. The van der Waals surface area contributed by atoms with Crippen LogP contribution in [0.5, 0.6) is 0 Å². The second kappa shape index (κ2) is 7.97. The molecule has 0 fully saturated rings. The zero-order valence-electron chi connectivity index (χ0n) is 18.3. The van der Waals surface area contributed by atoms with Gasteiger partial charge >= 0.3 is 11.9 Å². The molecule has 2 atom stereocenters. The van der Waals surface area contributed by atoms with Crippen molar-refractivity contribution < 1.29 is 19.4 Å². The standard InChI is InChI=1S/C22H31N3O4/c1-8-12-21(19(27)28,20(5,6)7)22(29-17(4)26,25-14-23-13-24-25)18-15(2)10-9-11-16(18)3/h9-11,13-14H,8,12H2,1-7H3,(H,27,28). The first-order chi connectivity index (χ1) is 13.5. The highest BCUT2D eigenvalue weighted by Gasteiger charge is 2.68. The fourth-order valence-corrected chi connectivity index (χ4v) is 4.64. The number of rotatable bonds is 7. The number of esters is 1. The van der Waals surface area contributed by atoms with Crippen molar-refractivity contribution in [3.63, 3.8) is 0 Å². The Hall–Kier alpha value is -2.70. The van der Waals surface area contributed by atoms with Crippen LogP contribution in [0.1, 0.15) is 64.2 Å². The van der Waals surface area contributed by atoms with Gasteiger partial charge in [-0.25, -0.2) is 9.67 Å². The highest BCUT2D eigenvalue weighted by atomic mass is 16.6. The van der Waals surface area contributed by atoms with Gasteiger partial charge in [0, 0.05) is 12.5 Å². The normalized spacial score (nSPS) is 16.0. The number of carboxylic acid groups (broad SMARTS) is 1. The zero-order valence-corrected chi connectivity index (χ0v) is 18.3. The topological polar surface area (TPSA) is 94.3 Å². The highest BCUT2D eigenvalue weighted by molar-refractivity contribution is 5.80. The molecule has 0 saturated carbocycles. The van der Waals surface area contributed by atoms with Crippen LogP contribution in [-0.4, -0.2) is 31.8 Å². The van der Waals surface area contributed by atoms with Crippen LogP contribution in [0.3, 0.4) is 0 Å². The van der Waals surface area contributed by atoms with Crippen molar-refractivity contribution in [2.24, 2.45) is 10.8 Å². The maximum atomic E-state index is 13.1. The largest absolute Gasteiger partial charge is 0.481 e. The van der Waals surface area contributed by atoms with E-state index in [1.165, 1.54) is 24.3 Å². The molecule has 0 amide bonds. The van der Waals surface area contributed by atoms with Crippen molar-refractivity contribution in [1.29, 1.82) is 0 Å². The molecule has 7 heteroatoms. The molecule has 7 nitrogen and oxygen atoms in total. The zero-order chi connectivity index (χ0) is 22.0. The fourth-order valence-electron chi connectivity index (χ4n) is 4.64. The number of carboxylic acids is 1. The Morgan fingerprint density at radius 3 is 2.14 bits per heavy atom. The van der Waals surface area contributed by atoms with Crippen molar-refractivity contribution >= 4 is 11.9 Å². The average molecular weight is 402 g/mol. The van der Waals surface area contributed by atoms with Gasteiger partial charge in [0.1, 0.15) is 18.1 Å². The van der Waals surface area contributed by atoms with E-state index >= 15 is 0 Å². The van der Waals surface area contributed by atoms with Gasteiger partial charge in [-0.15, -0.1) is 0 Å². The molecular formula is C22H31N3O4. The van der Waals surface area contributed by atoms with Gasteiger partial charge in [-0.2, -0.15) is 5.10 Å². The molecule has 1 aromatic heterocycles. The van der Waals surface area contributed by atoms with Gasteiger partial charge in [-0.05, 0) is 36.8 Å². The third-order valence-corrected chi connectivity index (χ3v) is 5.70. The minimum Gasteiger partial charge on any atom is -0.481 e. The molecule has 29 heavy (non-hydrogen) atoms. The Morgan fingerprint density at radius 1 is 1.17 bits per heavy atom. The number of nitrogens with zero attached hydrogens (tertiary/aromatic N) is 3. The molecule has 1 heterocycles. The van der Waals surface area contributed by atoms with E-state index in [2.05, 4.69) is 10.1 Å². The summed E-state index contributed by atoms with van der Waals surface area (Å²) in [6, 6.07) is 5.67. The number of hydrogen-bond acceptors (Lipinski definition) is 5. The third kappa shape index (κ3) is 3.43. The summed E-state index contributed by atoms with van der Waals surface area (Å²) in [7, 11) is 0. The molecule has 158 valence electrons. The quantitative estimate of drug-likeness (QED) is 0.703. The Kier molecular flexibility index (Phi) is 6.21. The Balaban J connectivity index is 3.19. The van der Waals surface area contributed by atoms with Crippen molar-refractivity contribution in [3.05, 3.63) is 47.5 Å². The van der Waals surface area contributed by atoms with E-state index in [-0.39, 0.29) is 6.42 Å². The van der Waals surface area contributed by atoms with Crippen LogP contribution in [0.25, 0.3) is 0 Å². The van der Waals surface area contributed by atoms with E-state index < -0.39 is 28.5 Å².